The van der Waals surface area contributed by atoms with Crippen LogP contribution in [0.1, 0.15) is 47.8 Å². The highest BCUT2D eigenvalue weighted by Crippen LogP contribution is 2.49. The maximum Gasteiger partial charge on any atom is 0.130 e. The number of amidine groups is 1. The number of nitrogens with one attached hydrogen (secondary N) is 1. The highest BCUT2D eigenvalue weighted by atomic mass is 15.1. The average Bonchev–Trinajstić information content (AvgIpc) is 3.33. The van der Waals surface area contributed by atoms with Gasteiger partial charge in [0.1, 0.15) is 12.0 Å². The summed E-state index contributed by atoms with van der Waals surface area (Å²) in [5.74, 6) is 0.773. The van der Waals surface area contributed by atoms with E-state index >= 15 is 0 Å². The number of nitrogens with zero attached hydrogens (tertiary/aromatic N) is 1. The molecule has 0 bridgehead atoms. The van der Waals surface area contributed by atoms with Crippen LogP contribution in [-0.4, -0.2) is 5.84 Å². The second-order valence-electron chi connectivity index (χ2n) is 12.2. The summed E-state index contributed by atoms with van der Waals surface area (Å²) >= 11 is 0. The number of aliphatic imine (C=N–C) groups is 1. The Balaban J connectivity index is 1.22. The van der Waals surface area contributed by atoms with Gasteiger partial charge in [-0.15, -0.1) is 0 Å². The normalized spacial score (nSPS) is 14.0. The lowest BCUT2D eigenvalue weighted by molar-refractivity contribution is 0.660. The van der Waals surface area contributed by atoms with Gasteiger partial charge in [-0.3, -0.25) is 4.99 Å². The minimum Gasteiger partial charge on any atom is -0.351 e. The van der Waals surface area contributed by atoms with Crippen molar-refractivity contribution in [1.82, 2.24) is 5.32 Å². The molecule has 45 heavy (non-hydrogen) atoms. The molecule has 1 aliphatic rings. The summed E-state index contributed by atoms with van der Waals surface area (Å²) in [6.07, 6.45) is -0.397. The van der Waals surface area contributed by atoms with Gasteiger partial charge in [0, 0.05) is 11.0 Å². The van der Waals surface area contributed by atoms with Crippen molar-refractivity contribution >= 4 is 5.84 Å². The minimum absolute atomic E-state index is 0.0239. The number of hydrogen-bond donors (Lipinski definition) is 2. The minimum atomic E-state index is -0.397. The third-order valence-corrected chi connectivity index (χ3v) is 9.01. The first kappa shape index (κ1) is 28.5. The molecule has 6 aromatic carbocycles. The summed E-state index contributed by atoms with van der Waals surface area (Å²) in [6, 6.07) is 53.4. The van der Waals surface area contributed by atoms with Crippen molar-refractivity contribution in [2.45, 2.75) is 32.0 Å². The second-order valence-corrected chi connectivity index (χ2v) is 12.2. The Labute approximate surface area is 266 Å². The monoisotopic (exact) mass is 583 g/mol. The van der Waals surface area contributed by atoms with Crippen molar-refractivity contribution in [1.29, 1.82) is 0 Å². The van der Waals surface area contributed by atoms with Crippen LogP contribution in [-0.2, 0) is 12.0 Å². The molecular formula is C42H37N3. The SMILES string of the molecule is CC1(C)c2ccccc2-c2ccc(-c3ccc(-c4ccccc4C(=NCc4ccccc4)NC(N)c4ccccc4)cc3)cc21. The molecular weight excluding hydrogens is 546 g/mol. The molecule has 3 nitrogen and oxygen atoms in total. The van der Waals surface area contributed by atoms with E-state index in [1.54, 1.807) is 0 Å². The largest absolute Gasteiger partial charge is 0.351 e. The zero-order valence-electron chi connectivity index (χ0n) is 25.7. The lowest BCUT2D eigenvalue weighted by Gasteiger charge is -2.22. The van der Waals surface area contributed by atoms with Crippen LogP contribution in [0, 0.1) is 0 Å². The van der Waals surface area contributed by atoms with Crippen LogP contribution in [0.5, 0.6) is 0 Å². The highest BCUT2D eigenvalue weighted by molar-refractivity contribution is 6.04. The van der Waals surface area contributed by atoms with E-state index in [1.807, 2.05) is 48.5 Å². The van der Waals surface area contributed by atoms with Gasteiger partial charge in [-0.05, 0) is 61.7 Å². The van der Waals surface area contributed by atoms with Crippen molar-refractivity contribution in [2.24, 2.45) is 10.7 Å². The van der Waals surface area contributed by atoms with Gasteiger partial charge >= 0.3 is 0 Å². The molecule has 0 amide bonds. The zero-order valence-corrected chi connectivity index (χ0v) is 25.7. The van der Waals surface area contributed by atoms with Crippen molar-refractivity contribution in [3.63, 3.8) is 0 Å². The lowest BCUT2D eigenvalue weighted by atomic mass is 9.81. The first-order valence-electron chi connectivity index (χ1n) is 15.6. The van der Waals surface area contributed by atoms with Crippen molar-refractivity contribution in [2.75, 3.05) is 0 Å². The van der Waals surface area contributed by atoms with Crippen LogP contribution in [0.2, 0.25) is 0 Å². The molecule has 1 aliphatic carbocycles. The Morgan fingerprint density at radius 2 is 1.18 bits per heavy atom. The molecule has 6 aromatic rings. The number of rotatable bonds is 7. The van der Waals surface area contributed by atoms with E-state index in [1.165, 1.54) is 33.4 Å². The standard InChI is InChI=1S/C42H37N3/c1-42(2)38-20-12-11-18-35(38)36-26-25-33(27-39(36)42)30-21-23-31(24-22-30)34-17-9-10-19-37(34)41(44-28-29-13-5-3-6-14-29)45-40(43)32-15-7-4-8-16-32/h3-27,40H,28,43H2,1-2H3,(H,44,45). The molecule has 0 spiro atoms. The van der Waals surface area contributed by atoms with Gasteiger partial charge < -0.3 is 11.1 Å². The molecule has 0 heterocycles. The van der Waals surface area contributed by atoms with E-state index in [0.29, 0.717) is 6.54 Å². The first-order chi connectivity index (χ1) is 22.0. The molecule has 3 heteroatoms. The highest BCUT2D eigenvalue weighted by Gasteiger charge is 2.35. The van der Waals surface area contributed by atoms with E-state index in [2.05, 4.69) is 122 Å². The Bertz CT molecular complexity index is 1970. The second kappa shape index (κ2) is 12.0. The topological polar surface area (TPSA) is 50.4 Å². The predicted octanol–water partition coefficient (Wildman–Crippen LogP) is 9.52. The van der Waals surface area contributed by atoms with Crippen LogP contribution in [0.4, 0.5) is 0 Å². The van der Waals surface area contributed by atoms with Crippen LogP contribution in [0.15, 0.2) is 157 Å². The first-order valence-corrected chi connectivity index (χ1v) is 15.6. The van der Waals surface area contributed by atoms with Crippen molar-refractivity contribution < 1.29 is 0 Å². The quantitative estimate of drug-likeness (QED) is 0.112. The van der Waals surface area contributed by atoms with Gasteiger partial charge in [-0.2, -0.15) is 0 Å². The molecule has 7 rings (SSSR count). The molecule has 1 atom stereocenters. The fourth-order valence-corrected chi connectivity index (χ4v) is 6.52. The van der Waals surface area contributed by atoms with Gasteiger partial charge in [0.05, 0.1) is 6.54 Å². The summed E-state index contributed by atoms with van der Waals surface area (Å²) in [4.78, 5) is 5.07. The number of nitrogens with two attached hydrogens (primary N) is 1. The van der Waals surface area contributed by atoms with Crippen LogP contribution >= 0.6 is 0 Å². The Morgan fingerprint density at radius 1 is 0.600 bits per heavy atom. The number of hydrogen-bond acceptors (Lipinski definition) is 2. The molecule has 3 N–H and O–H groups in total. The fraction of sp³-hybridized carbons (Fsp3) is 0.119. The van der Waals surface area contributed by atoms with E-state index in [9.17, 15) is 0 Å². The number of fused-ring (bicyclic) bond motifs is 3. The molecule has 220 valence electrons. The van der Waals surface area contributed by atoms with E-state index in [0.717, 1.165) is 33.7 Å². The molecule has 0 fully saturated rings. The molecule has 0 aliphatic heterocycles. The van der Waals surface area contributed by atoms with Gasteiger partial charge in [-0.25, -0.2) is 0 Å². The summed E-state index contributed by atoms with van der Waals surface area (Å²) in [6.45, 7) is 5.21. The summed E-state index contributed by atoms with van der Waals surface area (Å²) < 4.78 is 0. The summed E-state index contributed by atoms with van der Waals surface area (Å²) in [7, 11) is 0. The molecule has 0 aromatic heterocycles. The van der Waals surface area contributed by atoms with Crippen molar-refractivity contribution in [3.05, 3.63) is 179 Å². The Morgan fingerprint density at radius 3 is 1.93 bits per heavy atom. The smallest absolute Gasteiger partial charge is 0.130 e. The third kappa shape index (κ3) is 5.59. The zero-order chi connectivity index (χ0) is 30.8. The van der Waals surface area contributed by atoms with E-state index in [-0.39, 0.29) is 5.41 Å². The Hall–Kier alpha value is -5.25. The maximum absolute atomic E-state index is 6.67. The van der Waals surface area contributed by atoms with Gasteiger partial charge in [0.15, 0.2) is 0 Å². The molecule has 0 saturated carbocycles. The third-order valence-electron chi connectivity index (χ3n) is 9.01. The fourth-order valence-electron chi connectivity index (χ4n) is 6.52. The van der Waals surface area contributed by atoms with Crippen LogP contribution in [0.3, 0.4) is 0 Å². The predicted molar refractivity (Wildman–Crippen MR) is 188 cm³/mol. The lowest BCUT2D eigenvalue weighted by Crippen LogP contribution is -2.35. The van der Waals surface area contributed by atoms with Crippen LogP contribution in [0.25, 0.3) is 33.4 Å². The van der Waals surface area contributed by atoms with E-state index in [4.69, 9.17) is 10.7 Å². The molecule has 1 unspecified atom stereocenters. The number of benzene rings is 6. The average molecular weight is 584 g/mol. The van der Waals surface area contributed by atoms with E-state index < -0.39 is 6.17 Å². The molecule has 0 saturated heterocycles. The van der Waals surface area contributed by atoms with Crippen molar-refractivity contribution in [3.8, 4) is 33.4 Å². The van der Waals surface area contributed by atoms with Gasteiger partial charge in [0.2, 0.25) is 0 Å². The molecule has 0 radical (unpaired) electrons. The van der Waals surface area contributed by atoms with Gasteiger partial charge in [-0.1, -0.05) is 159 Å². The Kier molecular flexibility index (Phi) is 7.62. The van der Waals surface area contributed by atoms with Gasteiger partial charge in [0.25, 0.3) is 0 Å². The summed E-state index contributed by atoms with van der Waals surface area (Å²) in [5, 5.41) is 3.53. The maximum atomic E-state index is 6.67. The summed E-state index contributed by atoms with van der Waals surface area (Å²) in [5.41, 5.74) is 20.0. The van der Waals surface area contributed by atoms with Crippen LogP contribution < -0.4 is 11.1 Å².